The first-order chi connectivity index (χ1) is 32.6. The van der Waals surface area contributed by atoms with Crippen LogP contribution >= 0.6 is 0 Å². The monoisotopic (exact) mass is 1090 g/mol. The molecule has 1 atom stereocenters. The molecule has 2 aliphatic carbocycles. The third-order valence-electron chi connectivity index (χ3n) is 12.3. The Hall–Kier alpha value is -4.72. The van der Waals surface area contributed by atoms with E-state index in [-0.39, 0.29) is 0 Å². The summed E-state index contributed by atoms with van der Waals surface area (Å²) >= 11 is 1.45. The second kappa shape index (κ2) is 20.5. The maximum absolute atomic E-state index is 14.2. The maximum atomic E-state index is 14.2. The van der Waals surface area contributed by atoms with Crippen molar-refractivity contribution in [1.29, 1.82) is 0 Å². The predicted molar refractivity (Wildman–Crippen MR) is 218 cm³/mol. The Balaban J connectivity index is 0.000000542. The SMILES string of the molecule is FC(F)(F)c1cc([B-](c2cc(C(F)(F)F)cc(C(F)(F)F)c2)(c2cc(C(F)(F)F)cc(C(F)(F)F)c2)c2cc(C(F)(F)F)cc(C(F)(F)F)c2)cc(C(F)(F)F)c1.O=C1CCCCC1[SH+]CC1CCCCC1. The van der Waals surface area contributed by atoms with Crippen LogP contribution in [0.5, 0.6) is 0 Å². The van der Waals surface area contributed by atoms with Gasteiger partial charge in [0, 0.05) is 18.8 Å². The van der Waals surface area contributed by atoms with Crippen LogP contribution in [0.1, 0.15) is 102 Å². The van der Waals surface area contributed by atoms with E-state index in [0.717, 1.165) is 18.8 Å². The maximum Gasteiger partial charge on any atom is 0.416 e. The molecule has 2 saturated carbocycles. The van der Waals surface area contributed by atoms with Crippen molar-refractivity contribution in [1.82, 2.24) is 0 Å². The van der Waals surface area contributed by atoms with Crippen molar-refractivity contribution in [2.45, 2.75) is 112 Å². The van der Waals surface area contributed by atoms with Gasteiger partial charge in [0.25, 0.3) is 0 Å². The quantitative estimate of drug-likeness (QED) is 0.0780. The molecule has 6 rings (SSSR count). The third kappa shape index (κ3) is 13.9. The Morgan fingerprint density at radius 1 is 0.347 bits per heavy atom. The second-order valence-corrected chi connectivity index (χ2v) is 18.7. The highest BCUT2D eigenvalue weighted by Gasteiger charge is 2.47. The minimum Gasteiger partial charge on any atom is -0.294 e. The number of ketones is 1. The minimum atomic E-state index is -6.13. The Bertz CT molecular complexity index is 2120. The van der Waals surface area contributed by atoms with Crippen molar-refractivity contribution in [3.8, 4) is 0 Å². The van der Waals surface area contributed by atoms with Gasteiger partial charge in [-0.05, 0) is 61.7 Å². The molecule has 0 heterocycles. The van der Waals surface area contributed by atoms with E-state index in [1.54, 1.807) is 0 Å². The molecule has 4 aromatic carbocycles. The van der Waals surface area contributed by atoms with Crippen molar-refractivity contribution >= 4 is 45.5 Å². The zero-order valence-electron chi connectivity index (χ0n) is 36.2. The van der Waals surface area contributed by atoms with Crippen LogP contribution in [-0.2, 0) is 66.0 Å². The fourth-order valence-corrected chi connectivity index (χ4v) is 10.5. The van der Waals surface area contributed by atoms with Crippen LogP contribution in [0.25, 0.3) is 0 Å². The second-order valence-electron chi connectivity index (χ2n) is 17.3. The summed E-state index contributed by atoms with van der Waals surface area (Å²) in [5.74, 6) is 2.80. The third-order valence-corrected chi connectivity index (χ3v) is 14.0. The van der Waals surface area contributed by atoms with Crippen molar-refractivity contribution in [3.05, 3.63) is 117 Å². The van der Waals surface area contributed by atoms with E-state index in [1.165, 1.54) is 62.5 Å². The molecule has 27 heteroatoms. The van der Waals surface area contributed by atoms with Gasteiger partial charge < -0.3 is 0 Å². The predicted octanol–water partition coefficient (Wildman–Crippen LogP) is 14.1. The lowest BCUT2D eigenvalue weighted by molar-refractivity contribution is -0.144. The number of thiol groups is 1. The normalized spacial score (nSPS) is 17.4. The largest absolute Gasteiger partial charge is 0.416 e. The minimum absolute atomic E-state index is 0.417. The number of rotatable bonds is 7. The molecule has 0 spiro atoms. The number of benzene rings is 4. The number of hydrogen-bond donors (Lipinski definition) is 0. The van der Waals surface area contributed by atoms with Gasteiger partial charge in [-0.1, -0.05) is 67.8 Å². The Kier molecular flexibility index (Phi) is 16.6. The van der Waals surface area contributed by atoms with Gasteiger partial charge in [-0.3, -0.25) is 4.79 Å². The van der Waals surface area contributed by atoms with Crippen LogP contribution in [0.3, 0.4) is 0 Å². The molecule has 0 aliphatic heterocycles. The lowest BCUT2D eigenvalue weighted by atomic mass is 9.12. The van der Waals surface area contributed by atoms with E-state index >= 15 is 0 Å². The number of halogens is 24. The summed E-state index contributed by atoms with van der Waals surface area (Å²) in [5, 5.41) is 0.417. The molecule has 2 fully saturated rings. The number of hydrogen-bond acceptors (Lipinski definition) is 1. The van der Waals surface area contributed by atoms with Crippen molar-refractivity contribution < 1.29 is 110 Å². The highest BCUT2D eigenvalue weighted by molar-refractivity contribution is 7.80. The Morgan fingerprint density at radius 2 is 0.583 bits per heavy atom. The summed E-state index contributed by atoms with van der Waals surface area (Å²) in [5.41, 5.74) is -30.2. The summed E-state index contributed by atoms with van der Waals surface area (Å²) in [7, 11) is 0. The van der Waals surface area contributed by atoms with Crippen LogP contribution in [0.4, 0.5) is 105 Å². The molecule has 0 N–H and O–H groups in total. The fraction of sp³-hybridized carbons (Fsp3) is 0.444. The van der Waals surface area contributed by atoms with Crippen LogP contribution in [0, 0.1) is 5.92 Å². The van der Waals surface area contributed by atoms with E-state index in [2.05, 4.69) is 0 Å². The topological polar surface area (TPSA) is 17.1 Å². The molecule has 0 saturated heterocycles. The van der Waals surface area contributed by atoms with Gasteiger partial charge in [0.05, 0.1) is 44.5 Å². The van der Waals surface area contributed by atoms with Gasteiger partial charge in [0.1, 0.15) is 11.9 Å². The highest BCUT2D eigenvalue weighted by atomic mass is 32.2. The molecular formula is C45H35BF24OS. The number of Topliss-reactive ketones (excluding diaryl/α,β-unsaturated/α-hetero) is 1. The van der Waals surface area contributed by atoms with Crippen molar-refractivity contribution in [2.75, 3.05) is 5.75 Å². The molecule has 1 nitrogen and oxygen atoms in total. The fourth-order valence-electron chi connectivity index (χ4n) is 8.87. The molecule has 72 heavy (non-hydrogen) atoms. The summed E-state index contributed by atoms with van der Waals surface area (Å²) in [6, 6.07) is -8.81. The molecule has 0 aromatic heterocycles. The average molecular weight is 1090 g/mol. The highest BCUT2D eigenvalue weighted by Crippen LogP contribution is 2.41. The van der Waals surface area contributed by atoms with E-state index in [9.17, 15) is 110 Å². The van der Waals surface area contributed by atoms with E-state index in [0.29, 0.717) is 11.0 Å². The molecule has 1 unspecified atom stereocenters. The molecule has 0 amide bonds. The van der Waals surface area contributed by atoms with E-state index < -0.39 is 195 Å². The van der Waals surface area contributed by atoms with E-state index in [4.69, 9.17) is 0 Å². The summed E-state index contributed by atoms with van der Waals surface area (Å²) < 4.78 is 341. The molecule has 0 bridgehead atoms. The van der Waals surface area contributed by atoms with Crippen LogP contribution < -0.4 is 21.9 Å². The van der Waals surface area contributed by atoms with Gasteiger partial charge in [0.2, 0.25) is 0 Å². The van der Waals surface area contributed by atoms with Gasteiger partial charge in [-0.15, -0.1) is 0 Å². The Morgan fingerprint density at radius 3 is 0.806 bits per heavy atom. The molecule has 0 radical (unpaired) electrons. The number of carbonyl (C=O) groups is 1. The smallest absolute Gasteiger partial charge is 0.294 e. The van der Waals surface area contributed by atoms with E-state index in [1.807, 2.05) is 0 Å². The first kappa shape index (κ1) is 58.2. The van der Waals surface area contributed by atoms with Crippen LogP contribution in [0.2, 0.25) is 0 Å². The van der Waals surface area contributed by atoms with Gasteiger partial charge >= 0.3 is 49.4 Å². The molecule has 4 aromatic rings. The summed E-state index contributed by atoms with van der Waals surface area (Å²) in [4.78, 5) is 11.7. The van der Waals surface area contributed by atoms with Crippen LogP contribution in [0.15, 0.2) is 72.8 Å². The van der Waals surface area contributed by atoms with Crippen molar-refractivity contribution in [2.24, 2.45) is 5.92 Å². The van der Waals surface area contributed by atoms with Crippen LogP contribution in [-0.4, -0.2) is 22.9 Å². The average Bonchev–Trinajstić information content (AvgIpc) is 3.24. The van der Waals surface area contributed by atoms with Gasteiger partial charge in [-0.25, -0.2) is 0 Å². The molecular weight excluding hydrogens is 1060 g/mol. The lowest BCUT2D eigenvalue weighted by Crippen LogP contribution is -2.75. The first-order valence-corrected chi connectivity index (χ1v) is 22.3. The Labute approximate surface area is 396 Å². The zero-order valence-corrected chi connectivity index (χ0v) is 37.1. The van der Waals surface area contributed by atoms with Crippen molar-refractivity contribution in [3.63, 3.8) is 0 Å². The molecule has 2 aliphatic rings. The summed E-state index contributed by atoms with van der Waals surface area (Å²) in [6.45, 7) is 0. The standard InChI is InChI=1S/C32H12BF24.C13H22OS/c34-25(35,36)13-1-14(26(37,38)39)6-21(5-13)33(22-7-15(27(40,41)42)2-16(8-22)28(43,44)45,23-9-17(29(46,47)48)3-18(10-23)30(49,50)51)24-11-19(31(52,53)54)4-20(12-24)32(55,56)57;14-12-8-4-5-9-13(12)15-10-11-6-2-1-3-7-11/h1-12H;11,13H,1-10H2/q-1;/p+1. The summed E-state index contributed by atoms with van der Waals surface area (Å²) in [6.07, 6.45) is -43.2. The van der Waals surface area contributed by atoms with Gasteiger partial charge in [0.15, 0.2) is 11.0 Å². The first-order valence-electron chi connectivity index (χ1n) is 21.2. The van der Waals surface area contributed by atoms with Gasteiger partial charge in [-0.2, -0.15) is 127 Å². The number of alkyl halides is 24. The lowest BCUT2D eigenvalue weighted by Gasteiger charge is -2.46. The zero-order chi connectivity index (χ0) is 54.4. The molecule has 398 valence electrons. The number of carbonyl (C=O) groups excluding carboxylic acids is 1.